The maximum absolute atomic E-state index is 13.0. The zero-order valence-electron chi connectivity index (χ0n) is 9.53. The van der Waals surface area contributed by atoms with Crippen LogP contribution in [0.15, 0.2) is 18.2 Å². The molecule has 1 unspecified atom stereocenters. The van der Waals surface area contributed by atoms with Crippen molar-refractivity contribution in [3.05, 3.63) is 34.1 Å². The van der Waals surface area contributed by atoms with Gasteiger partial charge < -0.3 is 5.11 Å². The number of carboxylic acids is 1. The number of carbonyl (C=O) groups is 1. The average Bonchev–Trinajstić information content (AvgIpc) is 2.29. The number of halogens is 1. The third-order valence-corrected chi connectivity index (χ3v) is 3.87. The van der Waals surface area contributed by atoms with E-state index in [4.69, 9.17) is 5.11 Å². The van der Waals surface area contributed by atoms with Crippen LogP contribution in [-0.2, 0) is 14.8 Å². The molecule has 19 heavy (non-hydrogen) atoms. The lowest BCUT2D eigenvalue weighted by Gasteiger charge is -2.11. The van der Waals surface area contributed by atoms with Gasteiger partial charge in [0.05, 0.1) is 10.6 Å². The van der Waals surface area contributed by atoms with Gasteiger partial charge in [0.1, 0.15) is 0 Å². The number of nitrogens with one attached hydrogen (secondary N) is 1. The quantitative estimate of drug-likeness (QED) is 0.614. The van der Waals surface area contributed by atoms with Crippen LogP contribution in [0.5, 0.6) is 0 Å². The van der Waals surface area contributed by atoms with Gasteiger partial charge in [-0.1, -0.05) is 0 Å². The number of hydrogen-bond acceptors (Lipinski definition) is 5. The molecule has 0 saturated heterocycles. The van der Waals surface area contributed by atoms with Crippen molar-refractivity contribution in [1.29, 1.82) is 0 Å². The Morgan fingerprint density at radius 3 is 2.58 bits per heavy atom. The first-order chi connectivity index (χ1) is 8.65. The predicted molar refractivity (Wildman–Crippen MR) is 62.7 cm³/mol. The van der Waals surface area contributed by atoms with Gasteiger partial charge in [0.15, 0.2) is 5.25 Å². The maximum atomic E-state index is 13.0. The van der Waals surface area contributed by atoms with Crippen molar-refractivity contribution in [2.75, 3.05) is 4.72 Å². The molecule has 2 N–H and O–H groups in total. The fraction of sp³-hybridized carbons (Fsp3) is 0.222. The molecule has 10 heteroatoms. The van der Waals surface area contributed by atoms with E-state index in [1.54, 1.807) is 0 Å². The largest absolute Gasteiger partial charge is 0.480 e. The molecule has 0 aliphatic carbocycles. The summed E-state index contributed by atoms with van der Waals surface area (Å²) < 4.78 is 38.0. The van der Waals surface area contributed by atoms with E-state index in [9.17, 15) is 27.7 Å². The molecule has 0 spiro atoms. The van der Waals surface area contributed by atoms with Gasteiger partial charge in [-0.05, 0) is 19.1 Å². The topological polar surface area (TPSA) is 127 Å². The zero-order chi connectivity index (χ0) is 14.8. The van der Waals surface area contributed by atoms with Gasteiger partial charge in [-0.2, -0.15) is 4.39 Å². The molecule has 0 amide bonds. The van der Waals surface area contributed by atoms with Crippen LogP contribution in [0.4, 0.5) is 15.8 Å². The monoisotopic (exact) mass is 292 g/mol. The molecule has 1 aromatic carbocycles. The van der Waals surface area contributed by atoms with Crippen LogP contribution < -0.4 is 4.72 Å². The highest BCUT2D eigenvalue weighted by molar-refractivity contribution is 7.94. The third-order valence-electron chi connectivity index (χ3n) is 2.22. The summed E-state index contributed by atoms with van der Waals surface area (Å²) in [7, 11) is -4.26. The van der Waals surface area contributed by atoms with Crippen molar-refractivity contribution in [2.45, 2.75) is 12.2 Å². The molecule has 0 aromatic heterocycles. The van der Waals surface area contributed by atoms with Crippen molar-refractivity contribution >= 4 is 27.4 Å². The summed E-state index contributed by atoms with van der Waals surface area (Å²) in [5.41, 5.74) is -1.20. The Labute approximate surface area is 107 Å². The molecule has 0 radical (unpaired) electrons. The van der Waals surface area contributed by atoms with Gasteiger partial charge in [0.2, 0.25) is 15.8 Å². The van der Waals surface area contributed by atoms with Gasteiger partial charge in [0, 0.05) is 6.07 Å². The zero-order valence-corrected chi connectivity index (χ0v) is 10.3. The number of nitro groups is 1. The van der Waals surface area contributed by atoms with Crippen molar-refractivity contribution in [1.82, 2.24) is 0 Å². The number of carboxylic acid groups (broad SMARTS) is 1. The molecular weight excluding hydrogens is 283 g/mol. The number of hydrogen-bond donors (Lipinski definition) is 2. The fourth-order valence-electron chi connectivity index (χ4n) is 1.10. The maximum Gasteiger partial charge on any atom is 0.323 e. The summed E-state index contributed by atoms with van der Waals surface area (Å²) in [6, 6.07) is 2.33. The van der Waals surface area contributed by atoms with E-state index in [-0.39, 0.29) is 5.69 Å². The number of nitro benzene ring substituents is 1. The number of aliphatic carboxylic acids is 1. The molecule has 1 rings (SSSR count). The minimum Gasteiger partial charge on any atom is -0.480 e. The second kappa shape index (κ2) is 5.18. The van der Waals surface area contributed by atoms with Crippen LogP contribution in [-0.4, -0.2) is 29.7 Å². The van der Waals surface area contributed by atoms with Gasteiger partial charge in [-0.15, -0.1) is 0 Å². The number of sulfonamides is 1. The Morgan fingerprint density at radius 1 is 1.53 bits per heavy atom. The normalized spacial score (nSPS) is 12.7. The summed E-state index contributed by atoms with van der Waals surface area (Å²) in [4.78, 5) is 20.0. The van der Waals surface area contributed by atoms with Crippen LogP contribution in [0.25, 0.3) is 0 Å². The smallest absolute Gasteiger partial charge is 0.323 e. The second-order valence-corrected chi connectivity index (χ2v) is 5.55. The molecular formula is C9H9FN2O6S. The molecule has 104 valence electrons. The van der Waals surface area contributed by atoms with Gasteiger partial charge >= 0.3 is 11.7 Å². The lowest BCUT2D eigenvalue weighted by molar-refractivity contribution is -0.387. The Kier molecular flexibility index (Phi) is 4.04. The first kappa shape index (κ1) is 14.8. The minimum absolute atomic E-state index is 0.291. The fourth-order valence-corrected chi connectivity index (χ4v) is 2.00. The van der Waals surface area contributed by atoms with E-state index in [0.717, 1.165) is 13.0 Å². The Bertz CT molecular complexity index is 630. The predicted octanol–water partition coefficient (Wildman–Crippen LogP) is 0.949. The van der Waals surface area contributed by atoms with E-state index in [2.05, 4.69) is 0 Å². The summed E-state index contributed by atoms with van der Waals surface area (Å²) in [5, 5.41) is 17.3. The lowest BCUT2D eigenvalue weighted by atomic mass is 10.3. The second-order valence-electron chi connectivity index (χ2n) is 3.55. The lowest BCUT2D eigenvalue weighted by Crippen LogP contribution is -2.32. The summed E-state index contributed by atoms with van der Waals surface area (Å²) in [6.45, 7) is 0.933. The number of benzene rings is 1. The van der Waals surface area contributed by atoms with Gasteiger partial charge in [0.25, 0.3) is 0 Å². The number of anilines is 1. The average molecular weight is 292 g/mol. The van der Waals surface area contributed by atoms with E-state index < -0.39 is 37.7 Å². The molecule has 1 aromatic rings. The SMILES string of the molecule is CC(C(=O)O)S(=O)(=O)Nc1ccc(F)c([N+](=O)[O-])c1. The summed E-state index contributed by atoms with van der Waals surface area (Å²) in [6.07, 6.45) is 0. The van der Waals surface area contributed by atoms with Gasteiger partial charge in [-0.3, -0.25) is 19.6 Å². The highest BCUT2D eigenvalue weighted by Crippen LogP contribution is 2.22. The molecule has 1 atom stereocenters. The van der Waals surface area contributed by atoms with Crippen molar-refractivity contribution in [3.63, 3.8) is 0 Å². The highest BCUT2D eigenvalue weighted by atomic mass is 32.2. The summed E-state index contributed by atoms with van der Waals surface area (Å²) >= 11 is 0. The van der Waals surface area contributed by atoms with Crippen LogP contribution in [0, 0.1) is 15.9 Å². The van der Waals surface area contributed by atoms with E-state index in [0.29, 0.717) is 12.1 Å². The number of nitrogens with zero attached hydrogens (tertiary/aromatic N) is 1. The van der Waals surface area contributed by atoms with E-state index in [1.807, 2.05) is 4.72 Å². The molecule has 8 nitrogen and oxygen atoms in total. The molecule has 0 heterocycles. The number of rotatable bonds is 5. The molecule has 0 aliphatic rings. The van der Waals surface area contributed by atoms with Crippen molar-refractivity contribution in [2.24, 2.45) is 0 Å². The minimum atomic E-state index is -4.26. The van der Waals surface area contributed by atoms with Crippen LogP contribution in [0.1, 0.15) is 6.92 Å². The molecule has 0 bridgehead atoms. The van der Waals surface area contributed by atoms with Crippen LogP contribution >= 0.6 is 0 Å². The molecule has 0 fully saturated rings. The van der Waals surface area contributed by atoms with E-state index in [1.165, 1.54) is 0 Å². The first-order valence-corrected chi connectivity index (χ1v) is 6.38. The summed E-state index contributed by atoms with van der Waals surface area (Å²) in [5.74, 6) is -2.71. The highest BCUT2D eigenvalue weighted by Gasteiger charge is 2.28. The molecule has 0 saturated carbocycles. The van der Waals surface area contributed by atoms with Crippen molar-refractivity contribution in [3.8, 4) is 0 Å². The Morgan fingerprint density at radius 2 is 2.11 bits per heavy atom. The van der Waals surface area contributed by atoms with E-state index >= 15 is 0 Å². The standard InChI is InChI=1S/C9H9FN2O6S/c1-5(9(13)14)19(17,18)11-6-2-3-7(10)8(4-6)12(15)16/h2-5,11H,1H3,(H,13,14). The third kappa shape index (κ3) is 3.37. The first-order valence-electron chi connectivity index (χ1n) is 4.83. The van der Waals surface area contributed by atoms with Crippen LogP contribution in [0.3, 0.4) is 0 Å². The molecule has 0 aliphatic heterocycles. The Balaban J connectivity index is 3.11. The van der Waals surface area contributed by atoms with Crippen LogP contribution in [0.2, 0.25) is 0 Å². The van der Waals surface area contributed by atoms with Crippen molar-refractivity contribution < 1.29 is 27.6 Å². The van der Waals surface area contributed by atoms with Gasteiger partial charge in [-0.25, -0.2) is 8.42 Å². The Hall–Kier alpha value is -2.23.